The number of nitrogens with zero attached hydrogens (tertiary/aromatic N) is 4. The van der Waals surface area contributed by atoms with Crippen molar-refractivity contribution in [3.8, 4) is 11.4 Å². The van der Waals surface area contributed by atoms with Gasteiger partial charge in [-0.1, -0.05) is 59.7 Å². The largest absolute Gasteiger partial charge is 0.368 e. The number of benzene rings is 2. The molecule has 40 heavy (non-hydrogen) atoms. The highest BCUT2D eigenvalue weighted by molar-refractivity contribution is 6.00. The minimum absolute atomic E-state index is 0.0302. The van der Waals surface area contributed by atoms with Gasteiger partial charge in [-0.3, -0.25) is 14.5 Å². The van der Waals surface area contributed by atoms with Gasteiger partial charge in [0.1, 0.15) is 17.2 Å². The highest BCUT2D eigenvalue weighted by Gasteiger charge is 2.24. The number of fused-ring (bicyclic) bond motifs is 1. The number of hydrogen-bond donors (Lipinski definition) is 3. The second-order valence-electron chi connectivity index (χ2n) is 10.5. The van der Waals surface area contributed by atoms with E-state index in [1.54, 1.807) is 0 Å². The molecule has 2 amide bonds. The van der Waals surface area contributed by atoms with Crippen LogP contribution in [-0.4, -0.2) is 82.4 Å². The van der Waals surface area contributed by atoms with Crippen LogP contribution in [0.15, 0.2) is 54.6 Å². The van der Waals surface area contributed by atoms with Crippen molar-refractivity contribution in [2.45, 2.75) is 27.2 Å². The van der Waals surface area contributed by atoms with Gasteiger partial charge in [0.2, 0.25) is 5.91 Å². The van der Waals surface area contributed by atoms with E-state index in [4.69, 9.17) is 9.97 Å². The van der Waals surface area contributed by atoms with Crippen LogP contribution >= 0.6 is 0 Å². The highest BCUT2D eigenvalue weighted by Crippen LogP contribution is 2.26. The Bertz CT molecular complexity index is 1470. The number of anilines is 1. The van der Waals surface area contributed by atoms with E-state index >= 15 is 0 Å². The average molecular weight is 540 g/mol. The van der Waals surface area contributed by atoms with Gasteiger partial charge in [0.05, 0.1) is 5.39 Å². The van der Waals surface area contributed by atoms with Crippen LogP contribution in [0.4, 0.5) is 5.82 Å². The second kappa shape index (κ2) is 12.3. The molecule has 2 aromatic carbocycles. The molecule has 2 aromatic heterocycles. The van der Waals surface area contributed by atoms with Crippen LogP contribution in [0.3, 0.4) is 0 Å². The summed E-state index contributed by atoms with van der Waals surface area (Å²) in [6, 6.07) is 18.3. The van der Waals surface area contributed by atoms with Gasteiger partial charge in [-0.05, 0) is 31.9 Å². The number of H-pyrrole nitrogens is 1. The third-order valence-corrected chi connectivity index (χ3v) is 7.20. The molecule has 3 N–H and O–H groups in total. The number of carbonyl (C=O) groups is 2. The molecule has 3 heterocycles. The fourth-order valence-corrected chi connectivity index (χ4v) is 5.24. The first kappa shape index (κ1) is 27.3. The summed E-state index contributed by atoms with van der Waals surface area (Å²) in [6.45, 7) is 10.8. The molecule has 5 rings (SSSR count). The summed E-state index contributed by atoms with van der Waals surface area (Å²) in [5.41, 5.74) is 5.96. The molecule has 0 saturated carbocycles. The lowest BCUT2D eigenvalue weighted by atomic mass is 10.0. The van der Waals surface area contributed by atoms with Gasteiger partial charge in [0.15, 0.2) is 5.82 Å². The Morgan fingerprint density at radius 2 is 1.65 bits per heavy atom. The molecule has 0 radical (unpaired) electrons. The van der Waals surface area contributed by atoms with E-state index in [1.807, 2.05) is 41.3 Å². The first-order valence-electron chi connectivity index (χ1n) is 13.9. The molecule has 1 aliphatic heterocycles. The molecule has 0 spiro atoms. The predicted octanol–water partition coefficient (Wildman–Crippen LogP) is 3.79. The lowest BCUT2D eigenvalue weighted by Gasteiger charge is -2.34. The summed E-state index contributed by atoms with van der Waals surface area (Å²) in [4.78, 5) is 41.8. The Morgan fingerprint density at radius 1 is 0.925 bits per heavy atom. The van der Waals surface area contributed by atoms with Gasteiger partial charge in [0, 0.05) is 58.3 Å². The number of piperazine rings is 1. The maximum atomic E-state index is 13.5. The number of rotatable bonds is 9. The summed E-state index contributed by atoms with van der Waals surface area (Å²) in [5, 5.41) is 6.84. The minimum Gasteiger partial charge on any atom is -0.368 e. The number of aromatic nitrogens is 3. The number of carbonyl (C=O) groups excluding carboxylic acids is 2. The first-order valence-corrected chi connectivity index (χ1v) is 13.9. The summed E-state index contributed by atoms with van der Waals surface area (Å²) < 4.78 is 0. The van der Waals surface area contributed by atoms with Crippen molar-refractivity contribution < 1.29 is 9.59 Å². The van der Waals surface area contributed by atoms with E-state index in [2.05, 4.69) is 52.6 Å². The van der Waals surface area contributed by atoms with Gasteiger partial charge >= 0.3 is 0 Å². The van der Waals surface area contributed by atoms with Crippen molar-refractivity contribution in [3.05, 3.63) is 77.0 Å². The van der Waals surface area contributed by atoms with Crippen LogP contribution in [0.5, 0.6) is 0 Å². The molecule has 208 valence electrons. The van der Waals surface area contributed by atoms with Crippen molar-refractivity contribution in [1.82, 2.24) is 30.1 Å². The van der Waals surface area contributed by atoms with Gasteiger partial charge in [-0.25, -0.2) is 9.97 Å². The summed E-state index contributed by atoms with van der Waals surface area (Å²) in [5.74, 6) is 1.08. The van der Waals surface area contributed by atoms with Crippen LogP contribution in [0.2, 0.25) is 0 Å². The van der Waals surface area contributed by atoms with Crippen molar-refractivity contribution in [3.63, 3.8) is 0 Å². The van der Waals surface area contributed by atoms with E-state index in [9.17, 15) is 9.59 Å². The van der Waals surface area contributed by atoms with E-state index in [-0.39, 0.29) is 11.8 Å². The summed E-state index contributed by atoms with van der Waals surface area (Å²) in [6.07, 6.45) is 1.01. The van der Waals surface area contributed by atoms with Crippen molar-refractivity contribution in [2.24, 2.45) is 0 Å². The number of aromatic amines is 1. The van der Waals surface area contributed by atoms with Crippen molar-refractivity contribution in [1.29, 1.82) is 0 Å². The molecule has 4 aromatic rings. The number of amides is 2. The lowest BCUT2D eigenvalue weighted by molar-refractivity contribution is -0.118. The molecule has 1 saturated heterocycles. The maximum Gasteiger partial charge on any atom is 0.270 e. The Kier molecular flexibility index (Phi) is 8.40. The molecular weight excluding hydrogens is 502 g/mol. The van der Waals surface area contributed by atoms with Gasteiger partial charge in [-0.2, -0.15) is 0 Å². The SMILES string of the molecule is CC(=O)NCCNc1nc(-c2ccccc2)nc2[nH]c(C(=O)N3CCN(CCc4cc(C)cc(C)c4)CC3)cc12. The molecule has 1 aliphatic rings. The van der Waals surface area contributed by atoms with Crippen LogP contribution in [0.1, 0.15) is 34.1 Å². The average Bonchev–Trinajstić information content (AvgIpc) is 3.38. The van der Waals surface area contributed by atoms with E-state index < -0.39 is 0 Å². The van der Waals surface area contributed by atoms with Crippen LogP contribution < -0.4 is 10.6 Å². The minimum atomic E-state index is -0.0838. The predicted molar refractivity (Wildman–Crippen MR) is 158 cm³/mol. The normalized spacial score (nSPS) is 13.9. The van der Waals surface area contributed by atoms with E-state index in [0.29, 0.717) is 49.2 Å². The van der Waals surface area contributed by atoms with E-state index in [0.717, 1.165) is 37.0 Å². The van der Waals surface area contributed by atoms with Gasteiger partial charge in [0.25, 0.3) is 5.91 Å². The van der Waals surface area contributed by atoms with Crippen LogP contribution in [0, 0.1) is 13.8 Å². The first-order chi connectivity index (χ1) is 19.4. The Morgan fingerprint density at radius 3 is 2.35 bits per heavy atom. The molecule has 1 fully saturated rings. The van der Waals surface area contributed by atoms with Crippen molar-refractivity contribution >= 4 is 28.7 Å². The molecule has 9 nitrogen and oxygen atoms in total. The van der Waals surface area contributed by atoms with Crippen molar-refractivity contribution in [2.75, 3.05) is 51.1 Å². The molecule has 9 heteroatoms. The summed E-state index contributed by atoms with van der Waals surface area (Å²) >= 11 is 0. The number of nitrogens with one attached hydrogen (secondary N) is 3. The molecule has 0 unspecified atom stereocenters. The maximum absolute atomic E-state index is 13.5. The Hall–Kier alpha value is -4.24. The lowest BCUT2D eigenvalue weighted by Crippen LogP contribution is -2.49. The highest BCUT2D eigenvalue weighted by atomic mass is 16.2. The third-order valence-electron chi connectivity index (χ3n) is 7.20. The fraction of sp³-hybridized carbons (Fsp3) is 0.355. The quantitative estimate of drug-likeness (QED) is 0.280. The van der Waals surface area contributed by atoms with E-state index in [1.165, 1.54) is 23.6 Å². The molecule has 0 atom stereocenters. The van der Waals surface area contributed by atoms with Crippen LogP contribution in [0.25, 0.3) is 22.4 Å². The fourth-order valence-electron chi connectivity index (χ4n) is 5.24. The summed E-state index contributed by atoms with van der Waals surface area (Å²) in [7, 11) is 0. The number of aryl methyl sites for hydroxylation is 2. The topological polar surface area (TPSA) is 106 Å². The molecular formula is C31H37N7O2. The zero-order valence-corrected chi connectivity index (χ0v) is 23.5. The number of hydrogen-bond acceptors (Lipinski definition) is 6. The van der Waals surface area contributed by atoms with Gasteiger partial charge in [-0.15, -0.1) is 0 Å². The second-order valence-corrected chi connectivity index (χ2v) is 10.5. The monoisotopic (exact) mass is 539 g/mol. The molecule has 0 bridgehead atoms. The molecule has 0 aliphatic carbocycles. The van der Waals surface area contributed by atoms with Gasteiger partial charge < -0.3 is 20.5 Å². The smallest absolute Gasteiger partial charge is 0.270 e. The Balaban J connectivity index is 1.27. The van der Waals surface area contributed by atoms with Crippen LogP contribution in [-0.2, 0) is 11.2 Å². The standard InChI is InChI=1S/C31H37N7O2/c1-21-17-22(2)19-24(18-21)9-12-37-13-15-38(16-14-37)31(40)27-20-26-29(33-11-10-32-23(3)39)35-28(36-30(26)34-27)25-7-5-4-6-8-25/h4-8,17-20H,9-16H2,1-3H3,(H,32,39)(H2,33,34,35,36). The third kappa shape index (κ3) is 6.66. The zero-order valence-electron chi connectivity index (χ0n) is 23.5. The zero-order chi connectivity index (χ0) is 28.1. The Labute approximate surface area is 235 Å².